The summed E-state index contributed by atoms with van der Waals surface area (Å²) in [7, 11) is 0. The van der Waals surface area contributed by atoms with Crippen LogP contribution in [0, 0.1) is 24.3 Å². The van der Waals surface area contributed by atoms with E-state index in [0.29, 0.717) is 0 Å². The third-order valence-electron chi connectivity index (χ3n) is 2.20. The van der Waals surface area contributed by atoms with Crippen LogP contribution in [0.3, 0.4) is 0 Å². The van der Waals surface area contributed by atoms with Gasteiger partial charge in [0.05, 0.1) is 0 Å². The standard InChI is InChI=1S/C9H12IN/c1-5-6(2)8(10)4-9(11)7(5)3/h4H,11H2,1-3H3. The number of benzene rings is 1. The molecule has 60 valence electrons. The second-order valence-corrected chi connectivity index (χ2v) is 3.98. The van der Waals surface area contributed by atoms with E-state index in [-0.39, 0.29) is 0 Å². The first-order chi connectivity index (χ1) is 5.04. The molecule has 0 saturated carbocycles. The Bertz CT molecular complexity index is 266. The van der Waals surface area contributed by atoms with E-state index in [0.717, 1.165) is 5.69 Å². The van der Waals surface area contributed by atoms with E-state index in [2.05, 4.69) is 43.4 Å². The molecule has 1 nitrogen and oxygen atoms in total. The van der Waals surface area contributed by atoms with Gasteiger partial charge in [-0.2, -0.15) is 0 Å². The van der Waals surface area contributed by atoms with Gasteiger partial charge in [0.15, 0.2) is 0 Å². The zero-order chi connectivity index (χ0) is 8.59. The highest BCUT2D eigenvalue weighted by molar-refractivity contribution is 14.1. The number of rotatable bonds is 0. The van der Waals surface area contributed by atoms with Crippen LogP contribution in [0.5, 0.6) is 0 Å². The molecule has 0 amide bonds. The van der Waals surface area contributed by atoms with Crippen molar-refractivity contribution in [2.75, 3.05) is 5.73 Å². The lowest BCUT2D eigenvalue weighted by Crippen LogP contribution is -1.96. The molecular formula is C9H12IN. The van der Waals surface area contributed by atoms with E-state index in [4.69, 9.17) is 5.73 Å². The molecule has 0 aromatic heterocycles. The maximum atomic E-state index is 5.79. The Labute approximate surface area is 81.1 Å². The molecule has 1 rings (SSSR count). The highest BCUT2D eigenvalue weighted by Crippen LogP contribution is 2.23. The van der Waals surface area contributed by atoms with Gasteiger partial charge in [0.2, 0.25) is 0 Å². The van der Waals surface area contributed by atoms with Crippen LogP contribution in [-0.2, 0) is 0 Å². The molecule has 11 heavy (non-hydrogen) atoms. The number of hydrogen-bond acceptors (Lipinski definition) is 1. The molecular weight excluding hydrogens is 249 g/mol. The van der Waals surface area contributed by atoms with Crippen molar-refractivity contribution in [3.05, 3.63) is 26.3 Å². The van der Waals surface area contributed by atoms with Crippen LogP contribution < -0.4 is 5.73 Å². The Morgan fingerprint density at radius 2 is 1.64 bits per heavy atom. The van der Waals surface area contributed by atoms with Crippen LogP contribution >= 0.6 is 22.6 Å². The molecule has 0 heterocycles. The van der Waals surface area contributed by atoms with Crippen molar-refractivity contribution in [3.63, 3.8) is 0 Å². The van der Waals surface area contributed by atoms with Gasteiger partial charge in [-0.15, -0.1) is 0 Å². The van der Waals surface area contributed by atoms with Crippen molar-refractivity contribution in [1.29, 1.82) is 0 Å². The smallest absolute Gasteiger partial charge is 0.0357 e. The lowest BCUT2D eigenvalue weighted by Gasteiger charge is -2.09. The molecule has 0 fully saturated rings. The second kappa shape index (κ2) is 3.01. The Kier molecular flexibility index (Phi) is 2.42. The van der Waals surface area contributed by atoms with Gasteiger partial charge in [-0.1, -0.05) is 0 Å². The average Bonchev–Trinajstić information content (AvgIpc) is 1.97. The summed E-state index contributed by atoms with van der Waals surface area (Å²) in [6.45, 7) is 6.31. The quantitative estimate of drug-likeness (QED) is 0.564. The van der Waals surface area contributed by atoms with Crippen molar-refractivity contribution in [2.45, 2.75) is 20.8 Å². The summed E-state index contributed by atoms with van der Waals surface area (Å²) in [4.78, 5) is 0. The molecule has 0 aliphatic heterocycles. The minimum Gasteiger partial charge on any atom is -0.398 e. The highest BCUT2D eigenvalue weighted by Gasteiger charge is 2.04. The van der Waals surface area contributed by atoms with Crippen molar-refractivity contribution in [1.82, 2.24) is 0 Å². The molecule has 0 bridgehead atoms. The summed E-state index contributed by atoms with van der Waals surface area (Å²) in [5.41, 5.74) is 10.6. The highest BCUT2D eigenvalue weighted by atomic mass is 127. The van der Waals surface area contributed by atoms with Gasteiger partial charge < -0.3 is 5.73 Å². The van der Waals surface area contributed by atoms with Crippen molar-refractivity contribution in [2.24, 2.45) is 0 Å². The fourth-order valence-electron chi connectivity index (χ4n) is 1.03. The molecule has 0 spiro atoms. The Hall–Kier alpha value is -0.250. The summed E-state index contributed by atoms with van der Waals surface area (Å²) in [6, 6.07) is 2.03. The van der Waals surface area contributed by atoms with Crippen LogP contribution in [0.1, 0.15) is 16.7 Å². The van der Waals surface area contributed by atoms with E-state index < -0.39 is 0 Å². The van der Waals surface area contributed by atoms with Crippen LogP contribution in [0.15, 0.2) is 6.07 Å². The van der Waals surface area contributed by atoms with Gasteiger partial charge in [-0.25, -0.2) is 0 Å². The van der Waals surface area contributed by atoms with Crippen molar-refractivity contribution >= 4 is 28.3 Å². The van der Waals surface area contributed by atoms with E-state index >= 15 is 0 Å². The first kappa shape index (κ1) is 8.84. The molecule has 1 aromatic carbocycles. The van der Waals surface area contributed by atoms with Crippen molar-refractivity contribution in [3.8, 4) is 0 Å². The monoisotopic (exact) mass is 261 g/mol. The summed E-state index contributed by atoms with van der Waals surface area (Å²) < 4.78 is 1.25. The first-order valence-corrected chi connectivity index (χ1v) is 4.63. The minimum atomic E-state index is 0.900. The molecule has 0 aliphatic carbocycles. The molecule has 0 atom stereocenters. The van der Waals surface area contributed by atoms with E-state index in [9.17, 15) is 0 Å². The first-order valence-electron chi connectivity index (χ1n) is 3.56. The molecule has 0 unspecified atom stereocenters. The maximum Gasteiger partial charge on any atom is 0.0357 e. The van der Waals surface area contributed by atoms with E-state index in [1.807, 2.05) is 6.07 Å². The topological polar surface area (TPSA) is 26.0 Å². The third-order valence-corrected chi connectivity index (χ3v) is 3.32. The number of hydrogen-bond donors (Lipinski definition) is 1. The predicted molar refractivity (Wildman–Crippen MR) is 57.8 cm³/mol. The van der Waals surface area contributed by atoms with Gasteiger partial charge in [0.25, 0.3) is 0 Å². The van der Waals surface area contributed by atoms with E-state index in [1.165, 1.54) is 20.3 Å². The zero-order valence-corrected chi connectivity index (χ0v) is 9.19. The lowest BCUT2D eigenvalue weighted by atomic mass is 10.0. The third kappa shape index (κ3) is 1.50. The van der Waals surface area contributed by atoms with Gasteiger partial charge in [0, 0.05) is 9.26 Å². The summed E-state index contributed by atoms with van der Waals surface area (Å²) in [5, 5.41) is 0. The van der Waals surface area contributed by atoms with Crippen LogP contribution in [-0.4, -0.2) is 0 Å². The second-order valence-electron chi connectivity index (χ2n) is 2.82. The number of anilines is 1. The van der Waals surface area contributed by atoms with Gasteiger partial charge in [-0.3, -0.25) is 0 Å². The number of nitrogen functional groups attached to an aromatic ring is 1. The number of halogens is 1. The van der Waals surface area contributed by atoms with Crippen LogP contribution in [0.25, 0.3) is 0 Å². The normalized spacial score (nSPS) is 10.2. The van der Waals surface area contributed by atoms with Crippen LogP contribution in [0.2, 0.25) is 0 Å². The summed E-state index contributed by atoms with van der Waals surface area (Å²) >= 11 is 2.31. The van der Waals surface area contributed by atoms with Crippen molar-refractivity contribution < 1.29 is 0 Å². The van der Waals surface area contributed by atoms with E-state index in [1.54, 1.807) is 0 Å². The molecule has 1 aromatic rings. The van der Waals surface area contributed by atoms with Crippen LogP contribution in [0.4, 0.5) is 5.69 Å². The lowest BCUT2D eigenvalue weighted by molar-refractivity contribution is 1.25. The Balaban J connectivity index is 3.46. The molecule has 2 heteroatoms. The molecule has 0 aliphatic rings. The van der Waals surface area contributed by atoms with Gasteiger partial charge >= 0.3 is 0 Å². The summed E-state index contributed by atoms with van der Waals surface area (Å²) in [5.74, 6) is 0. The van der Waals surface area contributed by atoms with Gasteiger partial charge in [-0.05, 0) is 66.1 Å². The fourth-order valence-corrected chi connectivity index (χ4v) is 1.77. The molecule has 0 radical (unpaired) electrons. The predicted octanol–water partition coefficient (Wildman–Crippen LogP) is 2.80. The molecule has 2 N–H and O–H groups in total. The molecule has 0 saturated heterocycles. The summed E-state index contributed by atoms with van der Waals surface area (Å²) in [6.07, 6.45) is 0. The number of nitrogens with two attached hydrogens (primary N) is 1. The zero-order valence-electron chi connectivity index (χ0n) is 7.03. The Morgan fingerprint density at radius 1 is 1.09 bits per heavy atom. The largest absolute Gasteiger partial charge is 0.398 e. The average molecular weight is 261 g/mol. The fraction of sp³-hybridized carbons (Fsp3) is 0.333. The Morgan fingerprint density at radius 3 is 2.18 bits per heavy atom. The van der Waals surface area contributed by atoms with Gasteiger partial charge in [0.1, 0.15) is 0 Å². The minimum absolute atomic E-state index is 0.900. The maximum absolute atomic E-state index is 5.79. The SMILES string of the molecule is Cc1c(N)cc(I)c(C)c1C.